The van der Waals surface area contributed by atoms with Crippen LogP contribution in [-0.4, -0.2) is 19.6 Å². The van der Waals surface area contributed by atoms with Crippen LogP contribution in [0.3, 0.4) is 0 Å². The van der Waals surface area contributed by atoms with E-state index in [9.17, 15) is 10.5 Å². The van der Waals surface area contributed by atoms with E-state index in [2.05, 4.69) is 37.8 Å². The molecule has 1 aromatic carbocycles. The maximum Gasteiger partial charge on any atom is 0.179 e. The first-order valence-electron chi connectivity index (χ1n) is 8.42. The molecular formula is C20H14N8. The molecule has 0 radical (unpaired) electrons. The third-order valence-corrected chi connectivity index (χ3v) is 4.14. The number of hydrogen-bond acceptors (Lipinski definition) is 7. The molecule has 0 atom stereocenters. The summed E-state index contributed by atoms with van der Waals surface area (Å²) in [5.74, 6) is 1.14. The molecule has 0 spiro atoms. The minimum Gasteiger partial charge on any atom is -0.339 e. The lowest BCUT2D eigenvalue weighted by atomic mass is 10.1. The van der Waals surface area contributed by atoms with Crippen molar-refractivity contribution in [3.05, 3.63) is 71.7 Å². The number of benzene rings is 1. The highest BCUT2D eigenvalue weighted by Crippen LogP contribution is 2.25. The van der Waals surface area contributed by atoms with Gasteiger partial charge < -0.3 is 10.6 Å². The smallest absolute Gasteiger partial charge is 0.179 e. The van der Waals surface area contributed by atoms with E-state index in [4.69, 9.17) is 0 Å². The van der Waals surface area contributed by atoms with Crippen LogP contribution in [-0.2, 0) is 0 Å². The first-order valence-corrected chi connectivity index (χ1v) is 8.42. The minimum absolute atomic E-state index is 0.310. The highest BCUT2D eigenvalue weighted by molar-refractivity contribution is 5.76. The Labute approximate surface area is 160 Å². The Bertz CT molecular complexity index is 1250. The Balaban J connectivity index is 1.78. The molecule has 4 aromatic rings. The number of imidazole rings is 1. The molecule has 0 aliphatic carbocycles. The van der Waals surface area contributed by atoms with E-state index >= 15 is 0 Å². The lowest BCUT2D eigenvalue weighted by Gasteiger charge is -2.11. The fraction of sp³-hybridized carbons (Fsp3) is 0.0500. The predicted octanol–water partition coefficient (Wildman–Crippen LogP) is 3.66. The average Bonchev–Trinajstić information content (AvgIpc) is 3.13. The number of nitrogens with zero attached hydrogens (tertiary/aromatic N) is 6. The van der Waals surface area contributed by atoms with Crippen LogP contribution in [0.2, 0.25) is 0 Å². The molecule has 3 heterocycles. The second-order valence-corrected chi connectivity index (χ2v) is 6.04. The molecule has 0 bridgehead atoms. The van der Waals surface area contributed by atoms with E-state index in [1.54, 1.807) is 18.3 Å². The van der Waals surface area contributed by atoms with E-state index in [1.807, 2.05) is 37.3 Å². The summed E-state index contributed by atoms with van der Waals surface area (Å²) < 4.78 is 1.47. The van der Waals surface area contributed by atoms with Gasteiger partial charge in [0.2, 0.25) is 0 Å². The topological polar surface area (TPSA) is 115 Å². The monoisotopic (exact) mass is 366 g/mol. The van der Waals surface area contributed by atoms with Gasteiger partial charge in [0.05, 0.1) is 23.5 Å². The molecule has 0 aliphatic rings. The van der Waals surface area contributed by atoms with Crippen molar-refractivity contribution in [1.82, 2.24) is 19.6 Å². The molecule has 28 heavy (non-hydrogen) atoms. The highest BCUT2D eigenvalue weighted by atomic mass is 15.3. The maximum absolute atomic E-state index is 9.34. The molecule has 4 rings (SSSR count). The second kappa shape index (κ2) is 7.06. The zero-order valence-electron chi connectivity index (χ0n) is 14.9. The van der Waals surface area contributed by atoms with Crippen molar-refractivity contribution in [3.8, 4) is 12.1 Å². The van der Waals surface area contributed by atoms with E-state index in [-0.39, 0.29) is 0 Å². The fourth-order valence-electron chi connectivity index (χ4n) is 2.74. The molecule has 0 amide bonds. The number of anilines is 4. The number of aromatic nitrogens is 4. The zero-order chi connectivity index (χ0) is 19.5. The lowest BCUT2D eigenvalue weighted by Crippen LogP contribution is -2.05. The van der Waals surface area contributed by atoms with Crippen LogP contribution in [0.1, 0.15) is 16.8 Å². The average molecular weight is 366 g/mol. The number of hydrogen-bond donors (Lipinski definition) is 2. The normalized spacial score (nSPS) is 10.2. The molecule has 0 saturated heterocycles. The number of nitriles is 2. The van der Waals surface area contributed by atoms with Crippen molar-refractivity contribution in [1.29, 1.82) is 10.5 Å². The largest absolute Gasteiger partial charge is 0.339 e. The Morgan fingerprint density at radius 3 is 2.61 bits per heavy atom. The van der Waals surface area contributed by atoms with Crippen LogP contribution in [0.25, 0.3) is 5.65 Å². The Hall–Kier alpha value is -4.43. The van der Waals surface area contributed by atoms with Crippen LogP contribution >= 0.6 is 0 Å². The first kappa shape index (κ1) is 17.0. The van der Waals surface area contributed by atoms with Gasteiger partial charge >= 0.3 is 0 Å². The van der Waals surface area contributed by atoms with Gasteiger partial charge in [-0.3, -0.25) is 0 Å². The van der Waals surface area contributed by atoms with E-state index in [1.165, 1.54) is 10.7 Å². The second-order valence-electron chi connectivity index (χ2n) is 6.04. The van der Waals surface area contributed by atoms with Crippen molar-refractivity contribution in [3.63, 3.8) is 0 Å². The van der Waals surface area contributed by atoms with Crippen LogP contribution in [0.5, 0.6) is 0 Å². The summed E-state index contributed by atoms with van der Waals surface area (Å²) in [7, 11) is 0. The van der Waals surface area contributed by atoms with E-state index in [0.29, 0.717) is 34.2 Å². The molecule has 134 valence electrons. The molecule has 3 aromatic heterocycles. The summed E-state index contributed by atoms with van der Waals surface area (Å²) in [6.45, 7) is 1.88. The van der Waals surface area contributed by atoms with Crippen molar-refractivity contribution in [2.75, 3.05) is 10.6 Å². The van der Waals surface area contributed by atoms with Crippen molar-refractivity contribution in [2.24, 2.45) is 0 Å². The van der Waals surface area contributed by atoms with Crippen LogP contribution < -0.4 is 10.6 Å². The van der Waals surface area contributed by atoms with Crippen LogP contribution in [0, 0.1) is 29.6 Å². The number of fused-ring (bicyclic) bond motifs is 1. The van der Waals surface area contributed by atoms with Gasteiger partial charge in [-0.15, -0.1) is 5.10 Å². The zero-order valence-corrected chi connectivity index (χ0v) is 14.9. The Morgan fingerprint density at radius 1 is 0.964 bits per heavy atom. The van der Waals surface area contributed by atoms with E-state index in [0.717, 1.165) is 11.3 Å². The van der Waals surface area contributed by atoms with Crippen molar-refractivity contribution >= 4 is 28.7 Å². The SMILES string of the molecule is Cc1ccc(Nc2cc(Nc3ccccn3)c3ncc(C#N)n3n2)cc1C#N. The molecular weight excluding hydrogens is 352 g/mol. The molecule has 2 N–H and O–H groups in total. The van der Waals surface area contributed by atoms with Gasteiger partial charge in [0, 0.05) is 18.0 Å². The predicted molar refractivity (Wildman–Crippen MR) is 104 cm³/mol. The number of rotatable bonds is 4. The summed E-state index contributed by atoms with van der Waals surface area (Å²) in [6.07, 6.45) is 3.15. The lowest BCUT2D eigenvalue weighted by molar-refractivity contribution is 0.927. The van der Waals surface area contributed by atoms with Gasteiger partial charge in [0.1, 0.15) is 11.9 Å². The fourth-order valence-corrected chi connectivity index (χ4v) is 2.74. The maximum atomic E-state index is 9.34. The summed E-state index contributed by atoms with van der Waals surface area (Å²) in [5.41, 5.74) is 3.66. The summed E-state index contributed by atoms with van der Waals surface area (Å²) in [4.78, 5) is 8.55. The van der Waals surface area contributed by atoms with Gasteiger partial charge in [0.25, 0.3) is 0 Å². The molecule has 8 heteroatoms. The third-order valence-electron chi connectivity index (χ3n) is 4.14. The number of nitrogens with one attached hydrogen (secondary N) is 2. The van der Waals surface area contributed by atoms with Gasteiger partial charge in [-0.05, 0) is 36.8 Å². The summed E-state index contributed by atoms with van der Waals surface area (Å²) in [6, 6.07) is 17.1. The third kappa shape index (κ3) is 3.18. The summed E-state index contributed by atoms with van der Waals surface area (Å²) >= 11 is 0. The number of pyridine rings is 1. The first-order chi connectivity index (χ1) is 13.7. The van der Waals surface area contributed by atoms with Gasteiger partial charge in [-0.2, -0.15) is 15.0 Å². The van der Waals surface area contributed by atoms with Gasteiger partial charge in [-0.25, -0.2) is 9.97 Å². The van der Waals surface area contributed by atoms with Gasteiger partial charge in [0.15, 0.2) is 17.2 Å². The van der Waals surface area contributed by atoms with E-state index < -0.39 is 0 Å². The van der Waals surface area contributed by atoms with Crippen molar-refractivity contribution < 1.29 is 0 Å². The quantitative estimate of drug-likeness (QED) is 0.566. The van der Waals surface area contributed by atoms with Crippen molar-refractivity contribution in [2.45, 2.75) is 6.92 Å². The standard InChI is InChI=1S/C20H14N8/c1-13-5-6-15(8-14(13)10-21)25-19-9-17(26-18-4-2-3-7-23-18)20-24-12-16(11-22)28(20)27-19/h2-9,12H,1H3,(H,23,26)(H,25,27). The van der Waals surface area contributed by atoms with Crippen LogP contribution in [0.4, 0.5) is 23.0 Å². The Morgan fingerprint density at radius 2 is 1.86 bits per heavy atom. The van der Waals surface area contributed by atoms with Gasteiger partial charge in [-0.1, -0.05) is 12.1 Å². The molecule has 0 unspecified atom stereocenters. The van der Waals surface area contributed by atoms with Crippen LogP contribution in [0.15, 0.2) is 54.9 Å². The number of aryl methyl sites for hydroxylation is 1. The molecule has 0 saturated carbocycles. The Kier molecular flexibility index (Phi) is 4.29. The minimum atomic E-state index is 0.310. The summed E-state index contributed by atoms with van der Waals surface area (Å²) in [5, 5.41) is 29.4. The molecule has 0 fully saturated rings. The molecule has 0 aliphatic heterocycles. The molecule has 8 nitrogen and oxygen atoms in total. The highest BCUT2D eigenvalue weighted by Gasteiger charge is 2.12.